The van der Waals surface area contributed by atoms with Gasteiger partial charge in [0.2, 0.25) is 5.56 Å². The van der Waals surface area contributed by atoms with E-state index in [4.69, 9.17) is 11.6 Å². The lowest BCUT2D eigenvalue weighted by Gasteiger charge is -2.05. The van der Waals surface area contributed by atoms with Crippen LogP contribution in [0.15, 0.2) is 41.3 Å². The Balaban J connectivity index is 2.46. The van der Waals surface area contributed by atoms with Gasteiger partial charge in [-0.05, 0) is 29.3 Å². The lowest BCUT2D eigenvalue weighted by Crippen LogP contribution is -2.03. The van der Waals surface area contributed by atoms with Crippen LogP contribution in [0.4, 0.5) is 0 Å². The number of carbonyl (C=O) groups is 1. The van der Waals surface area contributed by atoms with Crippen LogP contribution in [0.25, 0.3) is 11.1 Å². The van der Waals surface area contributed by atoms with Crippen molar-refractivity contribution >= 4 is 17.6 Å². The summed E-state index contributed by atoms with van der Waals surface area (Å²) in [5.41, 5.74) is 1.60. The summed E-state index contributed by atoms with van der Waals surface area (Å²) in [6.07, 6.45) is 1.56. The average molecular weight is 264 g/mol. The number of carbonyl (C=O) groups excluding carboxylic acids is 1. The van der Waals surface area contributed by atoms with E-state index in [2.05, 4.69) is 9.72 Å². The zero-order valence-corrected chi connectivity index (χ0v) is 10.3. The molecule has 0 bridgehead atoms. The Labute approximate surface area is 108 Å². The minimum Gasteiger partial charge on any atom is -0.465 e. The van der Waals surface area contributed by atoms with Gasteiger partial charge in [-0.1, -0.05) is 17.7 Å². The third-order valence-corrected chi connectivity index (χ3v) is 2.80. The quantitative estimate of drug-likeness (QED) is 0.847. The molecular weight excluding hydrogens is 254 g/mol. The largest absolute Gasteiger partial charge is 0.465 e. The Morgan fingerprint density at radius 3 is 2.56 bits per heavy atom. The lowest BCUT2D eigenvalue weighted by molar-refractivity contribution is 0.0601. The highest BCUT2D eigenvalue weighted by molar-refractivity contribution is 6.33. The SMILES string of the molecule is COC(=O)c1ccc(-c2cc[nH]c(=O)c2)cc1Cl. The summed E-state index contributed by atoms with van der Waals surface area (Å²) in [6, 6.07) is 8.13. The number of pyridine rings is 1. The Kier molecular flexibility index (Phi) is 3.48. The maximum atomic E-state index is 11.4. The summed E-state index contributed by atoms with van der Waals surface area (Å²) in [6.45, 7) is 0. The molecule has 0 amide bonds. The fourth-order valence-corrected chi connectivity index (χ4v) is 1.85. The summed E-state index contributed by atoms with van der Waals surface area (Å²) < 4.78 is 4.60. The fourth-order valence-electron chi connectivity index (χ4n) is 1.59. The molecule has 92 valence electrons. The van der Waals surface area contributed by atoms with Crippen molar-refractivity contribution in [3.05, 3.63) is 57.5 Å². The molecule has 0 spiro atoms. The van der Waals surface area contributed by atoms with Crippen molar-refractivity contribution in [2.24, 2.45) is 0 Å². The van der Waals surface area contributed by atoms with Gasteiger partial charge in [-0.15, -0.1) is 0 Å². The zero-order valence-electron chi connectivity index (χ0n) is 9.57. The Bertz CT molecular complexity index is 649. The summed E-state index contributed by atoms with van der Waals surface area (Å²) in [5.74, 6) is -0.488. The van der Waals surface area contributed by atoms with Crippen LogP contribution in [0.1, 0.15) is 10.4 Å². The van der Waals surface area contributed by atoms with Crippen LogP contribution in [0.3, 0.4) is 0 Å². The van der Waals surface area contributed by atoms with E-state index < -0.39 is 5.97 Å². The zero-order chi connectivity index (χ0) is 13.1. The normalized spacial score (nSPS) is 10.1. The van der Waals surface area contributed by atoms with Crippen molar-refractivity contribution in [3.63, 3.8) is 0 Å². The van der Waals surface area contributed by atoms with Gasteiger partial charge >= 0.3 is 5.97 Å². The number of ether oxygens (including phenoxy) is 1. The summed E-state index contributed by atoms with van der Waals surface area (Å²) in [5, 5.41) is 0.291. The number of nitrogens with one attached hydrogen (secondary N) is 1. The van der Waals surface area contributed by atoms with Crippen molar-refractivity contribution in [2.75, 3.05) is 7.11 Å². The molecule has 0 radical (unpaired) electrons. The van der Waals surface area contributed by atoms with E-state index in [-0.39, 0.29) is 5.56 Å². The number of benzene rings is 1. The molecule has 1 aromatic heterocycles. The van der Waals surface area contributed by atoms with Crippen molar-refractivity contribution < 1.29 is 9.53 Å². The van der Waals surface area contributed by atoms with Crippen LogP contribution in [-0.4, -0.2) is 18.1 Å². The molecule has 0 fully saturated rings. The molecule has 4 nitrogen and oxygen atoms in total. The number of hydrogen-bond donors (Lipinski definition) is 1. The van der Waals surface area contributed by atoms with Gasteiger partial charge in [0.15, 0.2) is 0 Å². The molecule has 0 aliphatic rings. The molecule has 0 saturated heterocycles. The van der Waals surface area contributed by atoms with Gasteiger partial charge < -0.3 is 9.72 Å². The number of esters is 1. The molecule has 1 aromatic carbocycles. The van der Waals surface area contributed by atoms with E-state index in [1.165, 1.54) is 13.2 Å². The second kappa shape index (κ2) is 5.06. The molecule has 0 aliphatic heterocycles. The topological polar surface area (TPSA) is 59.2 Å². The van der Waals surface area contributed by atoms with Gasteiger partial charge in [-0.3, -0.25) is 4.79 Å². The first-order chi connectivity index (χ1) is 8.61. The van der Waals surface area contributed by atoms with Gasteiger partial charge in [-0.25, -0.2) is 4.79 Å². The number of hydrogen-bond acceptors (Lipinski definition) is 3. The van der Waals surface area contributed by atoms with Crippen LogP contribution < -0.4 is 5.56 Å². The van der Waals surface area contributed by atoms with E-state index in [1.54, 1.807) is 30.5 Å². The van der Waals surface area contributed by atoms with E-state index in [0.29, 0.717) is 10.6 Å². The Hall–Kier alpha value is -2.07. The van der Waals surface area contributed by atoms with E-state index in [0.717, 1.165) is 11.1 Å². The maximum Gasteiger partial charge on any atom is 0.339 e. The van der Waals surface area contributed by atoms with Gasteiger partial charge in [0, 0.05) is 12.3 Å². The molecule has 0 saturated carbocycles. The number of methoxy groups -OCH3 is 1. The number of H-pyrrole nitrogens is 1. The third-order valence-electron chi connectivity index (χ3n) is 2.48. The summed E-state index contributed by atoms with van der Waals surface area (Å²) in [4.78, 5) is 25.1. The average Bonchev–Trinajstić information content (AvgIpc) is 2.37. The van der Waals surface area contributed by atoms with E-state index in [9.17, 15) is 9.59 Å². The second-order valence-electron chi connectivity index (χ2n) is 3.63. The molecule has 0 atom stereocenters. The van der Waals surface area contributed by atoms with E-state index >= 15 is 0 Å². The van der Waals surface area contributed by atoms with Gasteiger partial charge in [0.25, 0.3) is 0 Å². The second-order valence-corrected chi connectivity index (χ2v) is 4.04. The Morgan fingerprint density at radius 1 is 1.22 bits per heavy atom. The van der Waals surface area contributed by atoms with Crippen LogP contribution >= 0.6 is 11.6 Å². The lowest BCUT2D eigenvalue weighted by atomic mass is 10.1. The highest BCUT2D eigenvalue weighted by atomic mass is 35.5. The first-order valence-electron chi connectivity index (χ1n) is 5.19. The minimum absolute atomic E-state index is 0.194. The van der Waals surface area contributed by atoms with Gasteiger partial charge in [0.1, 0.15) is 0 Å². The number of aromatic nitrogens is 1. The van der Waals surface area contributed by atoms with Gasteiger partial charge in [0.05, 0.1) is 17.7 Å². The Morgan fingerprint density at radius 2 is 1.94 bits per heavy atom. The first-order valence-corrected chi connectivity index (χ1v) is 5.56. The van der Waals surface area contributed by atoms with Gasteiger partial charge in [-0.2, -0.15) is 0 Å². The molecular formula is C13H10ClNO3. The van der Waals surface area contributed by atoms with E-state index in [1.807, 2.05) is 0 Å². The molecule has 2 aromatic rings. The monoisotopic (exact) mass is 263 g/mol. The van der Waals surface area contributed by atoms with Crippen molar-refractivity contribution in [1.29, 1.82) is 0 Å². The molecule has 0 aliphatic carbocycles. The van der Waals surface area contributed by atoms with Crippen LogP contribution in [0.2, 0.25) is 5.02 Å². The molecule has 2 rings (SSSR count). The van der Waals surface area contributed by atoms with Crippen molar-refractivity contribution in [1.82, 2.24) is 4.98 Å². The summed E-state index contributed by atoms with van der Waals surface area (Å²) >= 11 is 6.01. The molecule has 1 N–H and O–H groups in total. The predicted molar refractivity (Wildman–Crippen MR) is 68.8 cm³/mol. The molecule has 18 heavy (non-hydrogen) atoms. The fraction of sp³-hybridized carbons (Fsp3) is 0.0769. The standard InChI is InChI=1S/C13H10ClNO3/c1-18-13(17)10-3-2-8(6-11(10)14)9-4-5-15-12(16)7-9/h2-7H,1H3,(H,15,16). The van der Waals surface area contributed by atoms with Crippen LogP contribution in [0, 0.1) is 0 Å². The molecule has 1 heterocycles. The minimum atomic E-state index is -0.488. The number of halogens is 1. The third kappa shape index (κ3) is 2.43. The highest BCUT2D eigenvalue weighted by Gasteiger charge is 2.11. The van der Waals surface area contributed by atoms with Crippen molar-refractivity contribution in [3.8, 4) is 11.1 Å². The smallest absolute Gasteiger partial charge is 0.339 e. The highest BCUT2D eigenvalue weighted by Crippen LogP contribution is 2.25. The predicted octanol–water partition coefficient (Wildman–Crippen LogP) is 2.48. The first kappa shape index (κ1) is 12.4. The number of aromatic amines is 1. The molecule has 5 heteroatoms. The van der Waals surface area contributed by atoms with Crippen molar-refractivity contribution in [2.45, 2.75) is 0 Å². The number of rotatable bonds is 2. The van der Waals surface area contributed by atoms with Crippen LogP contribution in [-0.2, 0) is 4.74 Å². The van der Waals surface area contributed by atoms with Crippen LogP contribution in [0.5, 0.6) is 0 Å². The maximum absolute atomic E-state index is 11.4. The molecule has 0 unspecified atom stereocenters. The summed E-state index contributed by atoms with van der Waals surface area (Å²) in [7, 11) is 1.29.